The molecule has 0 spiro atoms. The van der Waals surface area contributed by atoms with Crippen molar-refractivity contribution in [2.45, 2.75) is 25.3 Å². The number of hydrogen-bond donors (Lipinski definition) is 1. The van der Waals surface area contributed by atoms with E-state index in [1.165, 1.54) is 12.1 Å². The Labute approximate surface area is 115 Å². The molecule has 1 aliphatic rings. The van der Waals surface area contributed by atoms with Crippen molar-refractivity contribution in [1.29, 1.82) is 0 Å². The van der Waals surface area contributed by atoms with Gasteiger partial charge in [0, 0.05) is 17.7 Å². The quantitative estimate of drug-likeness (QED) is 0.682. The van der Waals surface area contributed by atoms with E-state index in [9.17, 15) is 10.1 Å². The fourth-order valence-corrected chi connectivity index (χ4v) is 2.32. The number of nitro groups is 1. The first-order chi connectivity index (χ1) is 9.74. The van der Waals surface area contributed by atoms with Gasteiger partial charge in [0.2, 0.25) is 11.7 Å². The van der Waals surface area contributed by atoms with Crippen LogP contribution in [0.5, 0.6) is 0 Å². The summed E-state index contributed by atoms with van der Waals surface area (Å²) >= 11 is 0. The average Bonchev–Trinajstić information content (AvgIpc) is 2.98. The van der Waals surface area contributed by atoms with Crippen molar-refractivity contribution in [3.8, 4) is 11.4 Å². The summed E-state index contributed by atoms with van der Waals surface area (Å²) in [5.41, 5.74) is 0.606. The molecule has 1 aromatic heterocycles. The minimum Gasteiger partial charge on any atom is -0.337 e. The number of aromatic nitrogens is 2. The van der Waals surface area contributed by atoms with Gasteiger partial charge in [0.25, 0.3) is 5.69 Å². The molecule has 7 nitrogen and oxygen atoms in total. The van der Waals surface area contributed by atoms with Crippen molar-refractivity contribution in [1.82, 2.24) is 15.5 Å². The average molecular weight is 274 g/mol. The molecule has 1 aliphatic heterocycles. The molecule has 1 aromatic carbocycles. The number of hydrogen-bond acceptors (Lipinski definition) is 6. The maximum Gasteiger partial charge on any atom is 0.270 e. The van der Waals surface area contributed by atoms with Gasteiger partial charge in [-0.2, -0.15) is 4.98 Å². The molecular weight excluding hydrogens is 260 g/mol. The van der Waals surface area contributed by atoms with Crippen molar-refractivity contribution in [2.24, 2.45) is 0 Å². The zero-order chi connectivity index (χ0) is 13.9. The van der Waals surface area contributed by atoms with Gasteiger partial charge in [-0.1, -0.05) is 23.7 Å². The van der Waals surface area contributed by atoms with Gasteiger partial charge >= 0.3 is 0 Å². The molecular formula is C13H14N4O3. The third-order valence-electron chi connectivity index (χ3n) is 3.37. The van der Waals surface area contributed by atoms with Crippen LogP contribution in [-0.4, -0.2) is 21.6 Å². The first kappa shape index (κ1) is 12.7. The maximum absolute atomic E-state index is 10.8. The zero-order valence-electron chi connectivity index (χ0n) is 10.8. The molecule has 1 atom stereocenters. The highest BCUT2D eigenvalue weighted by molar-refractivity contribution is 5.58. The van der Waals surface area contributed by atoms with Gasteiger partial charge in [0.05, 0.1) is 11.0 Å². The number of rotatable bonds is 3. The molecule has 0 aliphatic carbocycles. The third kappa shape index (κ3) is 2.53. The monoisotopic (exact) mass is 274 g/mol. The summed E-state index contributed by atoms with van der Waals surface area (Å²) in [6, 6.07) is 6.32. The number of nitrogens with zero attached hydrogens (tertiary/aromatic N) is 3. The van der Waals surface area contributed by atoms with Gasteiger partial charge in [0.15, 0.2) is 0 Å². The Morgan fingerprint density at radius 2 is 2.30 bits per heavy atom. The number of nitro benzene ring substituents is 1. The number of piperidine rings is 1. The molecule has 3 rings (SSSR count). The highest BCUT2D eigenvalue weighted by Crippen LogP contribution is 2.25. The predicted molar refractivity (Wildman–Crippen MR) is 71.0 cm³/mol. The Kier molecular flexibility index (Phi) is 3.42. The Morgan fingerprint density at radius 3 is 3.05 bits per heavy atom. The topological polar surface area (TPSA) is 94.1 Å². The molecule has 1 N–H and O–H groups in total. The van der Waals surface area contributed by atoms with Gasteiger partial charge in [0.1, 0.15) is 0 Å². The highest BCUT2D eigenvalue weighted by atomic mass is 16.6. The van der Waals surface area contributed by atoms with Crippen LogP contribution in [0.2, 0.25) is 0 Å². The maximum atomic E-state index is 10.8. The van der Waals surface area contributed by atoms with E-state index < -0.39 is 4.92 Å². The standard InChI is InChI=1S/C13H14N4O3/c18-17(19)10-5-3-4-9(8-10)12-15-13(20-16-12)11-6-1-2-7-14-11/h3-5,8,11,14H,1-2,6-7H2/t11-/m1/s1. The SMILES string of the molecule is O=[N+]([O-])c1cccc(-c2noc([C@H]3CCCCN3)n2)c1. The van der Waals surface area contributed by atoms with Crippen LogP contribution < -0.4 is 5.32 Å². The first-order valence-electron chi connectivity index (χ1n) is 6.56. The van der Waals surface area contributed by atoms with Gasteiger partial charge < -0.3 is 9.84 Å². The Morgan fingerprint density at radius 1 is 1.40 bits per heavy atom. The lowest BCUT2D eigenvalue weighted by molar-refractivity contribution is -0.384. The van der Waals surface area contributed by atoms with Crippen molar-refractivity contribution in [3.05, 3.63) is 40.3 Å². The second kappa shape index (κ2) is 5.38. The summed E-state index contributed by atoms with van der Waals surface area (Å²) < 4.78 is 5.27. The molecule has 0 radical (unpaired) electrons. The summed E-state index contributed by atoms with van der Waals surface area (Å²) in [6.07, 6.45) is 3.26. The van der Waals surface area contributed by atoms with Gasteiger partial charge in [-0.15, -0.1) is 0 Å². The number of benzene rings is 1. The minimum atomic E-state index is -0.437. The largest absolute Gasteiger partial charge is 0.337 e. The van der Waals surface area contributed by atoms with E-state index in [4.69, 9.17) is 4.52 Å². The molecule has 2 aromatic rings. The van der Waals surface area contributed by atoms with Crippen LogP contribution in [0.15, 0.2) is 28.8 Å². The summed E-state index contributed by atoms with van der Waals surface area (Å²) in [7, 11) is 0. The van der Waals surface area contributed by atoms with E-state index in [2.05, 4.69) is 15.5 Å². The van der Waals surface area contributed by atoms with E-state index in [0.717, 1.165) is 25.8 Å². The molecule has 0 bridgehead atoms. The van der Waals surface area contributed by atoms with Crippen molar-refractivity contribution >= 4 is 5.69 Å². The third-order valence-corrected chi connectivity index (χ3v) is 3.37. The lowest BCUT2D eigenvalue weighted by atomic mass is 10.1. The fourth-order valence-electron chi connectivity index (χ4n) is 2.32. The van der Waals surface area contributed by atoms with Crippen LogP contribution in [-0.2, 0) is 0 Å². The van der Waals surface area contributed by atoms with E-state index in [-0.39, 0.29) is 11.7 Å². The van der Waals surface area contributed by atoms with Crippen LogP contribution in [0.1, 0.15) is 31.2 Å². The summed E-state index contributed by atoms with van der Waals surface area (Å²) in [6.45, 7) is 0.944. The van der Waals surface area contributed by atoms with Gasteiger partial charge in [-0.3, -0.25) is 10.1 Å². The van der Waals surface area contributed by atoms with Crippen molar-refractivity contribution < 1.29 is 9.45 Å². The normalized spacial score (nSPS) is 18.9. The Hall–Kier alpha value is -2.28. The summed E-state index contributed by atoms with van der Waals surface area (Å²) in [5.74, 6) is 0.933. The van der Waals surface area contributed by atoms with E-state index in [1.54, 1.807) is 12.1 Å². The summed E-state index contributed by atoms with van der Waals surface area (Å²) in [5, 5.41) is 18.0. The molecule has 7 heteroatoms. The fraction of sp³-hybridized carbons (Fsp3) is 0.385. The van der Waals surface area contributed by atoms with Crippen LogP contribution >= 0.6 is 0 Å². The second-order valence-corrected chi connectivity index (χ2v) is 4.77. The predicted octanol–water partition coefficient (Wildman–Crippen LogP) is 2.46. The van der Waals surface area contributed by atoms with Crippen LogP contribution in [0.4, 0.5) is 5.69 Å². The lowest BCUT2D eigenvalue weighted by Crippen LogP contribution is -2.26. The minimum absolute atomic E-state index is 0.0182. The highest BCUT2D eigenvalue weighted by Gasteiger charge is 2.21. The Balaban J connectivity index is 1.85. The van der Waals surface area contributed by atoms with Gasteiger partial charge in [-0.25, -0.2) is 0 Å². The smallest absolute Gasteiger partial charge is 0.270 e. The number of nitrogens with one attached hydrogen (secondary N) is 1. The molecule has 1 saturated heterocycles. The summed E-state index contributed by atoms with van der Waals surface area (Å²) in [4.78, 5) is 14.7. The van der Waals surface area contributed by atoms with E-state index >= 15 is 0 Å². The van der Waals surface area contributed by atoms with Crippen molar-refractivity contribution in [3.63, 3.8) is 0 Å². The Bertz CT molecular complexity index is 620. The van der Waals surface area contributed by atoms with Gasteiger partial charge in [-0.05, 0) is 19.4 Å². The molecule has 2 heterocycles. The zero-order valence-corrected chi connectivity index (χ0v) is 10.8. The molecule has 0 saturated carbocycles. The lowest BCUT2D eigenvalue weighted by Gasteiger charge is -2.19. The van der Waals surface area contributed by atoms with E-state index in [0.29, 0.717) is 17.3 Å². The second-order valence-electron chi connectivity index (χ2n) is 4.77. The molecule has 20 heavy (non-hydrogen) atoms. The molecule has 1 fully saturated rings. The van der Waals surface area contributed by atoms with Crippen molar-refractivity contribution in [2.75, 3.05) is 6.54 Å². The first-order valence-corrected chi connectivity index (χ1v) is 6.56. The van der Waals surface area contributed by atoms with Crippen LogP contribution in [0.25, 0.3) is 11.4 Å². The number of non-ortho nitro benzene ring substituents is 1. The van der Waals surface area contributed by atoms with E-state index in [1.807, 2.05) is 0 Å². The molecule has 0 unspecified atom stereocenters. The molecule has 0 amide bonds. The molecule has 104 valence electrons. The van der Waals surface area contributed by atoms with Crippen LogP contribution in [0.3, 0.4) is 0 Å². The van der Waals surface area contributed by atoms with Crippen LogP contribution in [0, 0.1) is 10.1 Å².